The fourth-order valence-corrected chi connectivity index (χ4v) is 2.05. The first-order valence-electron chi connectivity index (χ1n) is 6.01. The molecule has 1 aliphatic rings. The standard InChI is InChI=1S/C13H15N3O3/c14-10-3-1-2-8(9(10)7-17)6-15-11-4-5-12(18)16-13(11)19/h1-3,7,11,15H,4-6,14H2,(H,16,18,19). The summed E-state index contributed by atoms with van der Waals surface area (Å²) in [4.78, 5) is 33.5. The average Bonchev–Trinajstić information content (AvgIpc) is 2.38. The molecule has 0 saturated carbocycles. The Morgan fingerprint density at radius 3 is 2.89 bits per heavy atom. The van der Waals surface area contributed by atoms with Crippen LogP contribution in [0.25, 0.3) is 0 Å². The van der Waals surface area contributed by atoms with Gasteiger partial charge in [-0.15, -0.1) is 0 Å². The summed E-state index contributed by atoms with van der Waals surface area (Å²) < 4.78 is 0. The number of nitrogens with one attached hydrogen (secondary N) is 2. The van der Waals surface area contributed by atoms with Gasteiger partial charge in [0, 0.05) is 24.2 Å². The highest BCUT2D eigenvalue weighted by molar-refractivity contribution is 6.00. The number of piperidine rings is 1. The van der Waals surface area contributed by atoms with Crippen LogP contribution in [-0.2, 0) is 16.1 Å². The second-order valence-electron chi connectivity index (χ2n) is 4.42. The van der Waals surface area contributed by atoms with E-state index in [9.17, 15) is 14.4 Å². The first-order chi connectivity index (χ1) is 9.11. The van der Waals surface area contributed by atoms with Crippen LogP contribution >= 0.6 is 0 Å². The molecule has 1 fully saturated rings. The molecule has 6 heteroatoms. The van der Waals surface area contributed by atoms with E-state index in [1.54, 1.807) is 18.2 Å². The SMILES string of the molecule is Nc1cccc(CNC2CCC(=O)NC2=O)c1C=O. The highest BCUT2D eigenvalue weighted by atomic mass is 16.2. The van der Waals surface area contributed by atoms with E-state index in [0.717, 1.165) is 5.56 Å². The Morgan fingerprint density at radius 1 is 1.42 bits per heavy atom. The molecule has 0 radical (unpaired) electrons. The van der Waals surface area contributed by atoms with E-state index in [0.29, 0.717) is 36.9 Å². The van der Waals surface area contributed by atoms with Crippen molar-refractivity contribution in [3.05, 3.63) is 29.3 Å². The molecule has 1 aromatic rings. The van der Waals surface area contributed by atoms with Crippen molar-refractivity contribution < 1.29 is 14.4 Å². The Bertz CT molecular complexity index is 528. The topological polar surface area (TPSA) is 101 Å². The highest BCUT2D eigenvalue weighted by Gasteiger charge is 2.25. The van der Waals surface area contributed by atoms with Crippen LogP contribution in [0.2, 0.25) is 0 Å². The van der Waals surface area contributed by atoms with Gasteiger partial charge in [0.25, 0.3) is 0 Å². The van der Waals surface area contributed by atoms with Gasteiger partial charge in [0.2, 0.25) is 11.8 Å². The van der Waals surface area contributed by atoms with E-state index in [1.807, 2.05) is 0 Å². The lowest BCUT2D eigenvalue weighted by Crippen LogP contribution is -2.50. The smallest absolute Gasteiger partial charge is 0.243 e. The zero-order valence-corrected chi connectivity index (χ0v) is 10.3. The Hall–Kier alpha value is -2.21. The predicted octanol–water partition coefficient (Wildman–Crippen LogP) is -0.0239. The van der Waals surface area contributed by atoms with E-state index in [2.05, 4.69) is 10.6 Å². The van der Waals surface area contributed by atoms with E-state index in [4.69, 9.17) is 5.73 Å². The van der Waals surface area contributed by atoms with Crippen LogP contribution in [-0.4, -0.2) is 24.1 Å². The number of aldehydes is 1. The lowest BCUT2D eigenvalue weighted by molar-refractivity contribution is -0.134. The predicted molar refractivity (Wildman–Crippen MR) is 69.3 cm³/mol. The maximum absolute atomic E-state index is 11.6. The molecule has 1 atom stereocenters. The van der Waals surface area contributed by atoms with Crippen LogP contribution in [0.3, 0.4) is 0 Å². The normalized spacial score (nSPS) is 19.1. The molecule has 1 unspecified atom stereocenters. The van der Waals surface area contributed by atoms with Crippen molar-refractivity contribution in [3.63, 3.8) is 0 Å². The number of carbonyl (C=O) groups excluding carboxylic acids is 3. The van der Waals surface area contributed by atoms with Crippen LogP contribution in [0, 0.1) is 0 Å². The van der Waals surface area contributed by atoms with Crippen molar-refractivity contribution in [2.24, 2.45) is 0 Å². The minimum Gasteiger partial charge on any atom is -0.398 e. The molecule has 1 heterocycles. The number of nitrogen functional groups attached to an aromatic ring is 1. The molecule has 2 amide bonds. The lowest BCUT2D eigenvalue weighted by atomic mass is 10.0. The van der Waals surface area contributed by atoms with Gasteiger partial charge >= 0.3 is 0 Å². The van der Waals surface area contributed by atoms with Gasteiger partial charge in [0.15, 0.2) is 6.29 Å². The van der Waals surface area contributed by atoms with Crippen molar-refractivity contribution in [2.75, 3.05) is 5.73 Å². The monoisotopic (exact) mass is 261 g/mol. The largest absolute Gasteiger partial charge is 0.398 e. The van der Waals surface area contributed by atoms with Crippen LogP contribution in [0.15, 0.2) is 18.2 Å². The van der Waals surface area contributed by atoms with Gasteiger partial charge in [-0.3, -0.25) is 19.7 Å². The minimum atomic E-state index is -0.418. The van der Waals surface area contributed by atoms with Gasteiger partial charge in [-0.05, 0) is 18.1 Å². The zero-order chi connectivity index (χ0) is 13.8. The summed E-state index contributed by atoms with van der Waals surface area (Å²) in [5, 5.41) is 5.30. The van der Waals surface area contributed by atoms with Crippen molar-refractivity contribution in [1.82, 2.24) is 10.6 Å². The summed E-state index contributed by atoms with van der Waals surface area (Å²) in [6, 6.07) is 4.76. The van der Waals surface area contributed by atoms with Crippen LogP contribution in [0.1, 0.15) is 28.8 Å². The third-order valence-corrected chi connectivity index (χ3v) is 3.13. The van der Waals surface area contributed by atoms with E-state index >= 15 is 0 Å². The molecule has 1 aromatic carbocycles. The molecule has 6 nitrogen and oxygen atoms in total. The minimum absolute atomic E-state index is 0.249. The summed E-state index contributed by atoms with van der Waals surface area (Å²) in [5.74, 6) is -0.576. The molecule has 100 valence electrons. The van der Waals surface area contributed by atoms with E-state index < -0.39 is 6.04 Å². The first kappa shape index (κ1) is 13.2. The molecule has 1 aliphatic heterocycles. The molecule has 1 saturated heterocycles. The number of amides is 2. The van der Waals surface area contributed by atoms with Crippen molar-refractivity contribution >= 4 is 23.8 Å². The molecular weight excluding hydrogens is 246 g/mol. The fraction of sp³-hybridized carbons (Fsp3) is 0.308. The molecule has 0 aromatic heterocycles. The number of hydrogen-bond acceptors (Lipinski definition) is 5. The van der Waals surface area contributed by atoms with E-state index in [-0.39, 0.29) is 11.8 Å². The maximum Gasteiger partial charge on any atom is 0.243 e. The molecule has 4 N–H and O–H groups in total. The lowest BCUT2D eigenvalue weighted by Gasteiger charge is -2.22. The zero-order valence-electron chi connectivity index (χ0n) is 10.3. The summed E-state index contributed by atoms with van der Waals surface area (Å²) in [7, 11) is 0. The number of rotatable bonds is 4. The second-order valence-corrected chi connectivity index (χ2v) is 4.42. The van der Waals surface area contributed by atoms with Gasteiger partial charge in [-0.1, -0.05) is 12.1 Å². The highest BCUT2D eigenvalue weighted by Crippen LogP contribution is 2.15. The summed E-state index contributed by atoms with van der Waals surface area (Å²) in [6.07, 6.45) is 1.49. The maximum atomic E-state index is 11.6. The second kappa shape index (κ2) is 5.62. The Balaban J connectivity index is 2.03. The molecule has 19 heavy (non-hydrogen) atoms. The third kappa shape index (κ3) is 2.97. The Morgan fingerprint density at radius 2 is 2.21 bits per heavy atom. The van der Waals surface area contributed by atoms with Gasteiger partial charge in [-0.25, -0.2) is 0 Å². The van der Waals surface area contributed by atoms with Crippen molar-refractivity contribution in [1.29, 1.82) is 0 Å². The number of benzene rings is 1. The van der Waals surface area contributed by atoms with E-state index in [1.165, 1.54) is 0 Å². The van der Waals surface area contributed by atoms with Crippen LogP contribution in [0.5, 0.6) is 0 Å². The Labute approximate surface area is 110 Å². The average molecular weight is 261 g/mol. The van der Waals surface area contributed by atoms with Gasteiger partial charge in [-0.2, -0.15) is 0 Å². The fourth-order valence-electron chi connectivity index (χ4n) is 2.05. The summed E-state index contributed by atoms with van der Waals surface area (Å²) >= 11 is 0. The number of hydrogen-bond donors (Lipinski definition) is 3. The van der Waals surface area contributed by atoms with Crippen molar-refractivity contribution in [2.45, 2.75) is 25.4 Å². The number of anilines is 1. The Kier molecular flexibility index (Phi) is 3.91. The molecule has 2 rings (SSSR count). The third-order valence-electron chi connectivity index (χ3n) is 3.13. The van der Waals surface area contributed by atoms with Gasteiger partial charge in [0.1, 0.15) is 0 Å². The van der Waals surface area contributed by atoms with Crippen molar-refractivity contribution in [3.8, 4) is 0 Å². The number of nitrogens with two attached hydrogens (primary N) is 1. The summed E-state index contributed by atoms with van der Waals surface area (Å²) in [6.45, 7) is 0.353. The molecule has 0 spiro atoms. The first-order valence-corrected chi connectivity index (χ1v) is 6.01. The van der Waals surface area contributed by atoms with Gasteiger partial charge < -0.3 is 11.1 Å². The van der Waals surface area contributed by atoms with Gasteiger partial charge in [0.05, 0.1) is 6.04 Å². The molecule has 0 aliphatic carbocycles. The molecule has 0 bridgehead atoms. The number of carbonyl (C=O) groups is 3. The quantitative estimate of drug-likeness (QED) is 0.401. The number of imide groups is 1. The van der Waals surface area contributed by atoms with Crippen LogP contribution < -0.4 is 16.4 Å². The molecular formula is C13H15N3O3. The summed E-state index contributed by atoms with van der Waals surface area (Å²) in [5.41, 5.74) is 7.29. The van der Waals surface area contributed by atoms with Crippen LogP contribution in [0.4, 0.5) is 5.69 Å².